The Kier molecular flexibility index (Phi) is 3.01. The fourth-order valence-electron chi connectivity index (χ4n) is 2.05. The summed E-state index contributed by atoms with van der Waals surface area (Å²) in [6.45, 7) is 0. The third kappa shape index (κ3) is 2.23. The van der Waals surface area contributed by atoms with Crippen LogP contribution in [0.15, 0.2) is 48.5 Å². The van der Waals surface area contributed by atoms with Crippen LogP contribution in [-0.2, 0) is 0 Å². The van der Waals surface area contributed by atoms with E-state index < -0.39 is 5.97 Å². The minimum absolute atomic E-state index is 0.358. The number of halogens is 1. The molecule has 0 aliphatic rings. The molecule has 0 atom stereocenters. The summed E-state index contributed by atoms with van der Waals surface area (Å²) >= 11 is 7.18. The Morgan fingerprint density at radius 1 is 1.11 bits per heavy atom. The van der Waals surface area contributed by atoms with Gasteiger partial charge in [0.25, 0.3) is 0 Å². The summed E-state index contributed by atoms with van der Waals surface area (Å²) in [5, 5.41) is 10.7. The van der Waals surface area contributed by atoms with Crippen LogP contribution in [0.1, 0.15) is 9.67 Å². The average Bonchev–Trinajstić information content (AvgIpc) is 2.83. The molecular weight excluding hydrogens is 280 g/mol. The highest BCUT2D eigenvalue weighted by atomic mass is 35.5. The molecule has 94 valence electrons. The number of fused-ring (bicyclic) bond motifs is 1. The van der Waals surface area contributed by atoms with Crippen LogP contribution in [0.2, 0.25) is 5.02 Å². The van der Waals surface area contributed by atoms with E-state index in [1.807, 2.05) is 42.5 Å². The number of benzene rings is 2. The van der Waals surface area contributed by atoms with Crippen LogP contribution in [0.25, 0.3) is 21.2 Å². The zero-order valence-electron chi connectivity index (χ0n) is 9.76. The summed E-state index contributed by atoms with van der Waals surface area (Å²) in [6, 6.07) is 15.1. The van der Waals surface area contributed by atoms with E-state index in [4.69, 9.17) is 16.7 Å². The summed E-state index contributed by atoms with van der Waals surface area (Å²) in [5.41, 5.74) is 2.06. The number of thiophene rings is 1. The van der Waals surface area contributed by atoms with Gasteiger partial charge in [-0.2, -0.15) is 0 Å². The second-order valence-electron chi connectivity index (χ2n) is 4.14. The third-order valence-electron chi connectivity index (χ3n) is 2.93. The van der Waals surface area contributed by atoms with Gasteiger partial charge < -0.3 is 5.11 Å². The molecule has 2 aromatic carbocycles. The van der Waals surface area contributed by atoms with Gasteiger partial charge in [-0.25, -0.2) is 4.79 Å². The zero-order valence-corrected chi connectivity index (χ0v) is 11.3. The van der Waals surface area contributed by atoms with Gasteiger partial charge in [0.15, 0.2) is 0 Å². The van der Waals surface area contributed by atoms with Gasteiger partial charge in [0, 0.05) is 15.1 Å². The summed E-state index contributed by atoms with van der Waals surface area (Å²) in [4.78, 5) is 11.4. The Morgan fingerprint density at radius 2 is 1.84 bits per heavy atom. The van der Waals surface area contributed by atoms with Crippen molar-refractivity contribution in [1.29, 1.82) is 0 Å². The maximum Gasteiger partial charge on any atom is 0.345 e. The maximum atomic E-state index is 11.1. The zero-order chi connectivity index (χ0) is 13.4. The largest absolute Gasteiger partial charge is 0.477 e. The lowest BCUT2D eigenvalue weighted by atomic mass is 10.0. The molecule has 0 amide bonds. The van der Waals surface area contributed by atoms with Crippen LogP contribution in [0.4, 0.5) is 0 Å². The third-order valence-corrected chi connectivity index (χ3v) is 4.27. The topological polar surface area (TPSA) is 37.3 Å². The highest BCUT2D eigenvalue weighted by Gasteiger charge is 2.11. The number of carboxylic acid groups (broad SMARTS) is 1. The lowest BCUT2D eigenvalue weighted by molar-refractivity contribution is 0.0702. The molecule has 0 spiro atoms. The number of carboxylic acids is 1. The van der Waals surface area contributed by atoms with Crippen molar-refractivity contribution in [2.75, 3.05) is 0 Å². The smallest absolute Gasteiger partial charge is 0.345 e. The monoisotopic (exact) mass is 288 g/mol. The van der Waals surface area contributed by atoms with Crippen molar-refractivity contribution in [3.8, 4) is 11.1 Å². The second-order valence-corrected chi connectivity index (χ2v) is 5.66. The van der Waals surface area contributed by atoms with Crippen molar-refractivity contribution in [3.63, 3.8) is 0 Å². The molecule has 1 N–H and O–H groups in total. The van der Waals surface area contributed by atoms with E-state index in [9.17, 15) is 4.79 Å². The average molecular weight is 289 g/mol. The van der Waals surface area contributed by atoms with Crippen molar-refractivity contribution >= 4 is 39.0 Å². The molecule has 0 saturated carbocycles. The van der Waals surface area contributed by atoms with Crippen LogP contribution in [0.3, 0.4) is 0 Å². The molecule has 3 rings (SSSR count). The summed E-state index contributed by atoms with van der Waals surface area (Å²) in [5.74, 6) is -0.886. The van der Waals surface area contributed by atoms with Crippen LogP contribution >= 0.6 is 22.9 Å². The normalized spacial score (nSPS) is 10.8. The lowest BCUT2D eigenvalue weighted by Gasteiger charge is -2.03. The SMILES string of the molecule is O=C(O)c1cc2c(-c3ccc(Cl)cc3)cccc2s1. The number of hydrogen-bond acceptors (Lipinski definition) is 2. The highest BCUT2D eigenvalue weighted by molar-refractivity contribution is 7.20. The number of rotatable bonds is 2. The predicted octanol–water partition coefficient (Wildman–Crippen LogP) is 4.92. The fourth-order valence-corrected chi connectivity index (χ4v) is 3.10. The van der Waals surface area contributed by atoms with Gasteiger partial charge >= 0.3 is 5.97 Å². The molecule has 1 heterocycles. The second kappa shape index (κ2) is 4.68. The Morgan fingerprint density at radius 3 is 2.53 bits per heavy atom. The van der Waals surface area contributed by atoms with Crippen LogP contribution in [0, 0.1) is 0 Å². The van der Waals surface area contributed by atoms with Crippen LogP contribution in [0.5, 0.6) is 0 Å². The van der Waals surface area contributed by atoms with Gasteiger partial charge in [-0.05, 0) is 35.4 Å². The molecule has 0 fully saturated rings. The van der Waals surface area contributed by atoms with Gasteiger partial charge in [0.1, 0.15) is 4.88 Å². The molecule has 0 saturated heterocycles. The molecule has 0 unspecified atom stereocenters. The van der Waals surface area contributed by atoms with E-state index in [0.29, 0.717) is 9.90 Å². The van der Waals surface area contributed by atoms with E-state index in [-0.39, 0.29) is 0 Å². The van der Waals surface area contributed by atoms with Crippen molar-refractivity contribution in [2.45, 2.75) is 0 Å². The van der Waals surface area contributed by atoms with Gasteiger partial charge in [-0.3, -0.25) is 0 Å². The minimum Gasteiger partial charge on any atom is -0.477 e. The van der Waals surface area contributed by atoms with E-state index >= 15 is 0 Å². The number of carbonyl (C=O) groups is 1. The number of aromatic carboxylic acids is 1. The number of hydrogen-bond donors (Lipinski definition) is 1. The Bertz CT molecular complexity index is 759. The lowest BCUT2D eigenvalue weighted by Crippen LogP contribution is -1.89. The first kappa shape index (κ1) is 12.2. The quantitative estimate of drug-likeness (QED) is 0.727. The molecule has 0 radical (unpaired) electrons. The van der Waals surface area contributed by atoms with Crippen molar-refractivity contribution in [3.05, 3.63) is 58.4 Å². The Hall–Kier alpha value is -1.84. The molecule has 2 nitrogen and oxygen atoms in total. The predicted molar refractivity (Wildman–Crippen MR) is 79.2 cm³/mol. The minimum atomic E-state index is -0.886. The Balaban J connectivity index is 2.23. The molecule has 0 aliphatic heterocycles. The van der Waals surface area contributed by atoms with E-state index in [1.165, 1.54) is 11.3 Å². The van der Waals surface area contributed by atoms with Gasteiger partial charge in [0.2, 0.25) is 0 Å². The van der Waals surface area contributed by atoms with Gasteiger partial charge in [0.05, 0.1) is 0 Å². The van der Waals surface area contributed by atoms with E-state index in [0.717, 1.165) is 21.2 Å². The molecule has 3 aromatic rings. The van der Waals surface area contributed by atoms with Gasteiger partial charge in [-0.15, -0.1) is 11.3 Å². The first-order valence-corrected chi connectivity index (χ1v) is 6.86. The first-order chi connectivity index (χ1) is 9.15. The van der Waals surface area contributed by atoms with Gasteiger partial charge in [-0.1, -0.05) is 35.9 Å². The Labute approximate surface area is 118 Å². The highest BCUT2D eigenvalue weighted by Crippen LogP contribution is 2.34. The summed E-state index contributed by atoms with van der Waals surface area (Å²) in [6.07, 6.45) is 0. The standard InChI is InChI=1S/C15H9ClO2S/c16-10-6-4-9(5-7-10)11-2-1-3-13-12(11)8-14(19-13)15(17)18/h1-8H,(H,17,18). The van der Waals surface area contributed by atoms with Crippen LogP contribution < -0.4 is 0 Å². The molecular formula is C15H9ClO2S. The fraction of sp³-hybridized carbons (Fsp3) is 0. The first-order valence-electron chi connectivity index (χ1n) is 5.67. The van der Waals surface area contributed by atoms with Crippen molar-refractivity contribution < 1.29 is 9.90 Å². The summed E-state index contributed by atoms with van der Waals surface area (Å²) < 4.78 is 0.977. The van der Waals surface area contributed by atoms with Crippen molar-refractivity contribution in [2.24, 2.45) is 0 Å². The molecule has 0 bridgehead atoms. The van der Waals surface area contributed by atoms with E-state index in [1.54, 1.807) is 6.07 Å². The summed E-state index contributed by atoms with van der Waals surface area (Å²) in [7, 11) is 0. The maximum absolute atomic E-state index is 11.1. The molecule has 1 aromatic heterocycles. The van der Waals surface area contributed by atoms with Crippen LogP contribution in [-0.4, -0.2) is 11.1 Å². The van der Waals surface area contributed by atoms with Crippen molar-refractivity contribution in [1.82, 2.24) is 0 Å². The van der Waals surface area contributed by atoms with E-state index in [2.05, 4.69) is 0 Å². The molecule has 4 heteroatoms. The molecule has 19 heavy (non-hydrogen) atoms. The molecule has 0 aliphatic carbocycles.